The van der Waals surface area contributed by atoms with E-state index in [4.69, 9.17) is 4.74 Å². The minimum absolute atomic E-state index is 0.00298. The summed E-state index contributed by atoms with van der Waals surface area (Å²) in [6.45, 7) is 7.36. The number of carbonyl (C=O) groups is 1. The summed E-state index contributed by atoms with van der Waals surface area (Å²) >= 11 is 0. The number of ether oxygens (including phenoxy) is 1. The Hall–Kier alpha value is -3.09. The quantitative estimate of drug-likeness (QED) is 0.650. The Labute approximate surface area is 163 Å². The maximum absolute atomic E-state index is 12.7. The molecular formula is C21H26N4O3. The first-order valence-electron chi connectivity index (χ1n) is 9.56. The van der Waals surface area contributed by atoms with E-state index in [0.29, 0.717) is 30.3 Å². The van der Waals surface area contributed by atoms with Crippen LogP contribution in [0.1, 0.15) is 27.2 Å². The van der Waals surface area contributed by atoms with Crippen LogP contribution in [0, 0.1) is 5.92 Å². The molecule has 148 valence electrons. The Morgan fingerprint density at radius 3 is 2.64 bits per heavy atom. The van der Waals surface area contributed by atoms with E-state index in [0.717, 1.165) is 17.7 Å². The zero-order chi connectivity index (χ0) is 20.1. The molecule has 28 heavy (non-hydrogen) atoms. The summed E-state index contributed by atoms with van der Waals surface area (Å²) in [5.41, 5.74) is 1.77. The average Bonchev–Trinajstić information content (AvgIpc) is 3.10. The molecule has 7 nitrogen and oxygen atoms in total. The molecule has 0 aliphatic heterocycles. The van der Waals surface area contributed by atoms with Crippen molar-refractivity contribution in [3.8, 4) is 17.0 Å². The van der Waals surface area contributed by atoms with E-state index < -0.39 is 0 Å². The molecule has 0 unspecified atom stereocenters. The fraction of sp³-hybridized carbons (Fsp3) is 0.381. The highest BCUT2D eigenvalue weighted by Crippen LogP contribution is 2.21. The van der Waals surface area contributed by atoms with Gasteiger partial charge < -0.3 is 14.6 Å². The van der Waals surface area contributed by atoms with Gasteiger partial charge in [-0.1, -0.05) is 13.8 Å². The molecule has 7 heteroatoms. The molecule has 0 radical (unpaired) electrons. The maximum Gasteiger partial charge on any atom is 0.277 e. The number of aromatic nitrogens is 3. The summed E-state index contributed by atoms with van der Waals surface area (Å²) in [6, 6.07) is 9.32. The maximum atomic E-state index is 12.7. The van der Waals surface area contributed by atoms with E-state index in [-0.39, 0.29) is 18.0 Å². The highest BCUT2D eigenvalue weighted by molar-refractivity contribution is 5.75. The highest BCUT2D eigenvalue weighted by atomic mass is 16.5. The first kappa shape index (κ1) is 19.7. The van der Waals surface area contributed by atoms with Crippen LogP contribution >= 0.6 is 0 Å². The standard InChI is InChI=1S/C21H26N4O3/c1-4-28-17-7-5-16(6-8-17)18-13-19-21(27)24(11-12-25(19)23-18)14-20(26)22-10-9-15(2)3/h5-8,11-13,15H,4,9-10,14H2,1-3H3,(H,22,26). The van der Waals surface area contributed by atoms with Crippen LogP contribution in [0.15, 0.2) is 47.5 Å². The molecule has 0 aliphatic carbocycles. The van der Waals surface area contributed by atoms with E-state index in [1.165, 1.54) is 4.57 Å². The lowest BCUT2D eigenvalue weighted by atomic mass is 10.1. The van der Waals surface area contributed by atoms with Crippen molar-refractivity contribution < 1.29 is 9.53 Å². The molecular weight excluding hydrogens is 356 g/mol. The molecule has 0 aliphatic rings. The van der Waals surface area contributed by atoms with Gasteiger partial charge >= 0.3 is 0 Å². The van der Waals surface area contributed by atoms with Gasteiger partial charge in [-0.25, -0.2) is 4.52 Å². The van der Waals surface area contributed by atoms with Gasteiger partial charge in [0.1, 0.15) is 17.8 Å². The summed E-state index contributed by atoms with van der Waals surface area (Å²) in [4.78, 5) is 24.8. The molecule has 1 N–H and O–H groups in total. The van der Waals surface area contributed by atoms with Crippen LogP contribution in [0.25, 0.3) is 16.8 Å². The molecule has 0 spiro atoms. The van der Waals surface area contributed by atoms with Crippen molar-refractivity contribution in [1.29, 1.82) is 0 Å². The van der Waals surface area contributed by atoms with Crippen LogP contribution in [-0.4, -0.2) is 33.2 Å². The summed E-state index contributed by atoms with van der Waals surface area (Å²) in [6.07, 6.45) is 4.19. The number of fused-ring (bicyclic) bond motifs is 1. The van der Waals surface area contributed by atoms with Crippen molar-refractivity contribution in [2.45, 2.75) is 33.7 Å². The molecule has 0 saturated carbocycles. The van der Waals surface area contributed by atoms with E-state index in [2.05, 4.69) is 24.3 Å². The molecule has 3 aromatic rings. The van der Waals surface area contributed by atoms with Crippen molar-refractivity contribution in [3.63, 3.8) is 0 Å². The molecule has 0 saturated heterocycles. The van der Waals surface area contributed by atoms with Gasteiger partial charge in [0.15, 0.2) is 0 Å². The van der Waals surface area contributed by atoms with Crippen LogP contribution in [0.4, 0.5) is 0 Å². The minimum atomic E-state index is -0.244. The van der Waals surface area contributed by atoms with Gasteiger partial charge in [-0.2, -0.15) is 5.10 Å². The molecule has 3 rings (SSSR count). The SMILES string of the molecule is CCOc1ccc(-c2cc3c(=O)n(CC(=O)NCCC(C)C)ccn3n2)cc1. The van der Waals surface area contributed by atoms with Gasteiger partial charge in [-0.3, -0.25) is 9.59 Å². The number of amides is 1. The molecule has 1 aromatic carbocycles. The number of nitrogens with one attached hydrogen (secondary N) is 1. The van der Waals surface area contributed by atoms with Gasteiger partial charge in [0, 0.05) is 24.5 Å². The van der Waals surface area contributed by atoms with Gasteiger partial charge in [0.25, 0.3) is 5.56 Å². The third-order valence-electron chi connectivity index (χ3n) is 4.42. The third kappa shape index (κ3) is 4.60. The topological polar surface area (TPSA) is 77.6 Å². The van der Waals surface area contributed by atoms with Crippen molar-refractivity contribution >= 4 is 11.4 Å². The second-order valence-corrected chi connectivity index (χ2v) is 7.08. The fourth-order valence-corrected chi connectivity index (χ4v) is 2.89. The first-order chi connectivity index (χ1) is 13.5. The monoisotopic (exact) mass is 382 g/mol. The Bertz CT molecular complexity index is 1000. The predicted molar refractivity (Wildman–Crippen MR) is 109 cm³/mol. The number of benzene rings is 1. The summed E-state index contributed by atoms with van der Waals surface area (Å²) in [5, 5.41) is 7.32. The number of hydrogen-bond donors (Lipinski definition) is 1. The third-order valence-corrected chi connectivity index (χ3v) is 4.42. The molecule has 0 atom stereocenters. The van der Waals surface area contributed by atoms with Crippen molar-refractivity contribution in [2.24, 2.45) is 5.92 Å². The molecule has 2 aromatic heterocycles. The molecule has 2 heterocycles. The van der Waals surface area contributed by atoms with Crippen molar-refractivity contribution in [2.75, 3.05) is 13.2 Å². The van der Waals surface area contributed by atoms with E-state index in [1.54, 1.807) is 23.0 Å². The highest BCUT2D eigenvalue weighted by Gasteiger charge is 2.11. The number of nitrogens with zero attached hydrogens (tertiary/aromatic N) is 3. The summed E-state index contributed by atoms with van der Waals surface area (Å²) in [7, 11) is 0. The van der Waals surface area contributed by atoms with Crippen LogP contribution < -0.4 is 15.6 Å². The van der Waals surface area contributed by atoms with Crippen molar-refractivity contribution in [3.05, 3.63) is 53.1 Å². The second kappa shape index (κ2) is 8.73. The Balaban J connectivity index is 1.78. The van der Waals surface area contributed by atoms with E-state index in [1.807, 2.05) is 31.2 Å². The molecule has 1 amide bonds. The van der Waals surface area contributed by atoms with Crippen LogP contribution in [0.5, 0.6) is 5.75 Å². The van der Waals surface area contributed by atoms with Gasteiger partial charge in [0.05, 0.1) is 12.3 Å². The second-order valence-electron chi connectivity index (χ2n) is 7.08. The largest absolute Gasteiger partial charge is 0.494 e. The number of hydrogen-bond acceptors (Lipinski definition) is 4. The average molecular weight is 382 g/mol. The first-order valence-corrected chi connectivity index (χ1v) is 9.56. The van der Waals surface area contributed by atoms with Crippen molar-refractivity contribution in [1.82, 2.24) is 19.5 Å². The zero-order valence-corrected chi connectivity index (χ0v) is 16.5. The molecule has 0 bridgehead atoms. The number of carbonyl (C=O) groups excluding carboxylic acids is 1. The Morgan fingerprint density at radius 2 is 1.96 bits per heavy atom. The lowest BCUT2D eigenvalue weighted by Crippen LogP contribution is -2.33. The number of rotatable bonds is 8. The van der Waals surface area contributed by atoms with Gasteiger partial charge in [-0.15, -0.1) is 0 Å². The predicted octanol–water partition coefficient (Wildman–Crippen LogP) is 2.72. The minimum Gasteiger partial charge on any atom is -0.494 e. The normalized spacial score (nSPS) is 11.1. The van der Waals surface area contributed by atoms with E-state index >= 15 is 0 Å². The lowest BCUT2D eigenvalue weighted by molar-refractivity contribution is -0.121. The Morgan fingerprint density at radius 1 is 1.21 bits per heavy atom. The van der Waals surface area contributed by atoms with Gasteiger partial charge in [0.2, 0.25) is 5.91 Å². The van der Waals surface area contributed by atoms with Crippen LogP contribution in [0.2, 0.25) is 0 Å². The van der Waals surface area contributed by atoms with E-state index in [9.17, 15) is 9.59 Å². The van der Waals surface area contributed by atoms with Gasteiger partial charge in [-0.05, 0) is 49.6 Å². The summed E-state index contributed by atoms with van der Waals surface area (Å²) < 4.78 is 8.40. The fourth-order valence-electron chi connectivity index (χ4n) is 2.89. The van der Waals surface area contributed by atoms with Crippen LogP contribution in [0.3, 0.4) is 0 Å². The van der Waals surface area contributed by atoms with Crippen LogP contribution in [-0.2, 0) is 11.3 Å². The Kier molecular flexibility index (Phi) is 6.13. The lowest BCUT2D eigenvalue weighted by Gasteiger charge is -2.08. The zero-order valence-electron chi connectivity index (χ0n) is 16.5. The summed E-state index contributed by atoms with van der Waals surface area (Å²) in [5.74, 6) is 1.14. The molecule has 0 fully saturated rings. The smallest absolute Gasteiger partial charge is 0.277 e.